The van der Waals surface area contributed by atoms with Crippen molar-refractivity contribution in [3.05, 3.63) is 109 Å². The number of rotatable bonds is 4. The number of hydrogen-bond donors (Lipinski definition) is 0. The summed E-state index contributed by atoms with van der Waals surface area (Å²) in [6.45, 7) is 8.88. The molecule has 0 bridgehead atoms. The Morgan fingerprint density at radius 2 is 1.12 bits per heavy atom. The van der Waals surface area contributed by atoms with E-state index >= 15 is 0 Å². The van der Waals surface area contributed by atoms with Gasteiger partial charge in [0.25, 0.3) is 0 Å². The molecule has 0 saturated heterocycles. The molecule has 1 heterocycles. The van der Waals surface area contributed by atoms with E-state index < -0.39 is 0 Å². The second-order valence-electron chi connectivity index (χ2n) is 9.51. The first kappa shape index (κ1) is 20.4. The summed E-state index contributed by atoms with van der Waals surface area (Å²) in [6.07, 6.45) is 0. The number of anilines is 3. The third-order valence-electron chi connectivity index (χ3n) is 6.99. The largest absolute Gasteiger partial charge is 0.487 e. The number of para-hydroxylation sites is 2. The molecule has 4 aromatic rings. The molecule has 32 heavy (non-hydrogen) atoms. The van der Waals surface area contributed by atoms with E-state index in [1.165, 1.54) is 16.7 Å². The highest BCUT2D eigenvalue weighted by Crippen LogP contribution is 2.50. The van der Waals surface area contributed by atoms with Crippen LogP contribution in [-0.4, -0.2) is 5.60 Å². The molecule has 0 unspecified atom stereocenters. The average Bonchev–Trinajstić information content (AvgIpc) is 2.99. The molecular weight excluding hydrogens is 390 g/mol. The Kier molecular flexibility index (Phi) is 4.82. The second-order valence-corrected chi connectivity index (χ2v) is 9.51. The molecule has 1 aliphatic rings. The number of ether oxygens (including phenoxy) is 1. The van der Waals surface area contributed by atoms with Crippen LogP contribution in [0.3, 0.4) is 0 Å². The second kappa shape index (κ2) is 7.56. The molecule has 0 N–H and O–H groups in total. The van der Waals surface area contributed by atoms with E-state index in [-0.39, 0.29) is 11.0 Å². The van der Waals surface area contributed by atoms with Gasteiger partial charge >= 0.3 is 0 Å². The van der Waals surface area contributed by atoms with Crippen molar-refractivity contribution in [1.29, 1.82) is 0 Å². The van der Waals surface area contributed by atoms with Gasteiger partial charge in [-0.3, -0.25) is 0 Å². The SMILES string of the molecule is CC1(C)Oc2ccc(-c3cccc(N(c4ccccc4)c4ccccc4)c3)cc2C1(C)C. The lowest BCUT2D eigenvalue weighted by molar-refractivity contribution is 0.0712. The summed E-state index contributed by atoms with van der Waals surface area (Å²) in [5.74, 6) is 0.995. The molecule has 0 amide bonds. The highest BCUT2D eigenvalue weighted by atomic mass is 16.5. The summed E-state index contributed by atoms with van der Waals surface area (Å²) in [4.78, 5) is 2.30. The normalized spacial score (nSPS) is 15.6. The maximum atomic E-state index is 6.27. The molecule has 0 atom stereocenters. The summed E-state index contributed by atoms with van der Waals surface area (Å²) in [7, 11) is 0. The summed E-state index contributed by atoms with van der Waals surface area (Å²) in [5.41, 5.74) is 6.80. The third-order valence-corrected chi connectivity index (χ3v) is 6.99. The van der Waals surface area contributed by atoms with Gasteiger partial charge in [0.05, 0.1) is 0 Å². The highest BCUT2D eigenvalue weighted by molar-refractivity contribution is 5.80. The zero-order valence-electron chi connectivity index (χ0n) is 19.2. The fourth-order valence-corrected chi connectivity index (χ4v) is 4.44. The predicted molar refractivity (Wildman–Crippen MR) is 134 cm³/mol. The first-order valence-electron chi connectivity index (χ1n) is 11.2. The molecule has 2 nitrogen and oxygen atoms in total. The van der Waals surface area contributed by atoms with Crippen LogP contribution in [0.2, 0.25) is 0 Å². The van der Waals surface area contributed by atoms with Gasteiger partial charge in [-0.15, -0.1) is 0 Å². The summed E-state index contributed by atoms with van der Waals surface area (Å²) < 4.78 is 6.27. The fourth-order valence-electron chi connectivity index (χ4n) is 4.44. The molecule has 0 fully saturated rings. The first-order valence-corrected chi connectivity index (χ1v) is 11.2. The van der Waals surface area contributed by atoms with Gasteiger partial charge in [0.2, 0.25) is 0 Å². The number of fused-ring (bicyclic) bond motifs is 1. The number of nitrogens with zero attached hydrogens (tertiary/aromatic N) is 1. The van der Waals surface area contributed by atoms with Crippen LogP contribution in [0.25, 0.3) is 11.1 Å². The van der Waals surface area contributed by atoms with Gasteiger partial charge in [-0.2, -0.15) is 0 Å². The van der Waals surface area contributed by atoms with E-state index in [2.05, 4.69) is 136 Å². The van der Waals surface area contributed by atoms with Crippen LogP contribution < -0.4 is 9.64 Å². The van der Waals surface area contributed by atoms with Crippen LogP contribution in [-0.2, 0) is 5.41 Å². The Bertz CT molecular complexity index is 1200. The van der Waals surface area contributed by atoms with Crippen LogP contribution in [0.15, 0.2) is 103 Å². The minimum Gasteiger partial charge on any atom is -0.487 e. The molecule has 0 aromatic heterocycles. The van der Waals surface area contributed by atoms with Crippen molar-refractivity contribution in [3.8, 4) is 16.9 Å². The van der Waals surface area contributed by atoms with Gasteiger partial charge in [-0.25, -0.2) is 0 Å². The molecule has 5 rings (SSSR count). The van der Waals surface area contributed by atoms with E-state index in [1.54, 1.807) is 0 Å². The lowest BCUT2D eigenvalue weighted by atomic mass is 9.73. The quantitative estimate of drug-likeness (QED) is 0.330. The molecule has 4 aromatic carbocycles. The average molecular weight is 420 g/mol. The van der Waals surface area contributed by atoms with Crippen molar-refractivity contribution in [3.63, 3.8) is 0 Å². The Morgan fingerprint density at radius 1 is 0.562 bits per heavy atom. The lowest BCUT2D eigenvalue weighted by Gasteiger charge is -2.33. The summed E-state index contributed by atoms with van der Waals surface area (Å²) in [6, 6.07) is 36.4. The lowest BCUT2D eigenvalue weighted by Crippen LogP contribution is -2.41. The topological polar surface area (TPSA) is 12.5 Å². The molecule has 0 spiro atoms. The molecule has 0 radical (unpaired) electrons. The standard InChI is InChI=1S/C30H29NO/c1-29(2)27-21-23(18-19-28(27)32-30(29,3)4)22-12-11-17-26(20-22)31(24-13-7-5-8-14-24)25-15-9-6-10-16-25/h5-21H,1-4H3. The van der Waals surface area contributed by atoms with Crippen molar-refractivity contribution in [2.24, 2.45) is 0 Å². The maximum absolute atomic E-state index is 6.27. The Hall–Kier alpha value is -3.52. The van der Waals surface area contributed by atoms with Crippen molar-refractivity contribution in [2.75, 3.05) is 4.90 Å². The fraction of sp³-hybridized carbons (Fsp3) is 0.200. The first-order chi connectivity index (χ1) is 15.4. The van der Waals surface area contributed by atoms with E-state index in [0.717, 1.165) is 22.8 Å². The molecular formula is C30H29NO. The predicted octanol–water partition coefficient (Wildman–Crippen LogP) is 8.27. The molecule has 0 saturated carbocycles. The van der Waals surface area contributed by atoms with E-state index in [1.807, 2.05) is 0 Å². The smallest absolute Gasteiger partial charge is 0.124 e. The number of benzene rings is 4. The molecule has 0 aliphatic carbocycles. The number of hydrogen-bond acceptors (Lipinski definition) is 2. The molecule has 160 valence electrons. The third kappa shape index (κ3) is 3.36. The minimum absolute atomic E-state index is 0.0595. The van der Waals surface area contributed by atoms with Gasteiger partial charge in [0.1, 0.15) is 11.4 Å². The maximum Gasteiger partial charge on any atom is 0.124 e. The van der Waals surface area contributed by atoms with Crippen LogP contribution in [0.1, 0.15) is 33.3 Å². The van der Waals surface area contributed by atoms with Crippen molar-refractivity contribution in [1.82, 2.24) is 0 Å². The Morgan fingerprint density at radius 3 is 1.75 bits per heavy atom. The molecule has 1 aliphatic heterocycles. The highest BCUT2D eigenvalue weighted by Gasteiger charge is 2.47. The Labute approximate surface area is 191 Å². The van der Waals surface area contributed by atoms with Gasteiger partial charge in [-0.1, -0.05) is 68.4 Å². The van der Waals surface area contributed by atoms with Crippen LogP contribution >= 0.6 is 0 Å². The summed E-state index contributed by atoms with van der Waals surface area (Å²) in [5, 5.41) is 0. The zero-order valence-corrected chi connectivity index (χ0v) is 19.2. The Balaban J connectivity index is 1.60. The van der Waals surface area contributed by atoms with E-state index in [4.69, 9.17) is 4.74 Å². The summed E-state index contributed by atoms with van der Waals surface area (Å²) >= 11 is 0. The monoisotopic (exact) mass is 419 g/mol. The van der Waals surface area contributed by atoms with E-state index in [0.29, 0.717) is 0 Å². The van der Waals surface area contributed by atoms with Gasteiger partial charge in [0, 0.05) is 28.0 Å². The van der Waals surface area contributed by atoms with Crippen molar-refractivity contribution >= 4 is 17.1 Å². The van der Waals surface area contributed by atoms with Crippen LogP contribution in [0, 0.1) is 0 Å². The van der Waals surface area contributed by atoms with Crippen LogP contribution in [0.5, 0.6) is 5.75 Å². The van der Waals surface area contributed by atoms with Crippen molar-refractivity contribution < 1.29 is 4.74 Å². The van der Waals surface area contributed by atoms with Gasteiger partial charge in [-0.05, 0) is 73.5 Å². The minimum atomic E-state index is -0.229. The molecule has 2 heteroatoms. The van der Waals surface area contributed by atoms with E-state index in [9.17, 15) is 0 Å². The van der Waals surface area contributed by atoms with Crippen LogP contribution in [0.4, 0.5) is 17.1 Å². The van der Waals surface area contributed by atoms with Crippen molar-refractivity contribution in [2.45, 2.75) is 38.7 Å². The van der Waals surface area contributed by atoms with Gasteiger partial charge < -0.3 is 9.64 Å². The zero-order chi connectivity index (χ0) is 22.3. The van der Waals surface area contributed by atoms with Gasteiger partial charge in [0.15, 0.2) is 0 Å².